The van der Waals surface area contributed by atoms with Crippen molar-refractivity contribution in [3.8, 4) is 0 Å². The van der Waals surface area contributed by atoms with Gasteiger partial charge in [0.25, 0.3) is 0 Å². The average molecular weight is 204 g/mol. The van der Waals surface area contributed by atoms with Crippen LogP contribution in [0.25, 0.3) is 0 Å². The van der Waals surface area contributed by atoms with Gasteiger partial charge in [0.1, 0.15) is 0 Å². The Bertz CT molecular complexity index is 267. The first-order valence-electron chi connectivity index (χ1n) is 5.95. The summed E-state index contributed by atoms with van der Waals surface area (Å²) in [6, 6.07) is 10.4. The van der Waals surface area contributed by atoms with Gasteiger partial charge in [-0.15, -0.1) is 0 Å². The zero-order valence-corrected chi connectivity index (χ0v) is 9.21. The van der Waals surface area contributed by atoms with E-state index < -0.39 is 0 Å². The van der Waals surface area contributed by atoms with Crippen molar-refractivity contribution in [1.82, 2.24) is 5.32 Å². The third kappa shape index (κ3) is 4.34. The Labute approximate surface area is 92.1 Å². The predicted molar refractivity (Wildman–Crippen MR) is 65.1 cm³/mol. The fourth-order valence-electron chi connectivity index (χ4n) is 1.69. The Morgan fingerprint density at radius 1 is 1.00 bits per heavy atom. The number of nitrogens with one attached hydrogen (secondary N) is 2. The van der Waals surface area contributed by atoms with Crippen molar-refractivity contribution in [2.45, 2.75) is 19.3 Å². The summed E-state index contributed by atoms with van der Waals surface area (Å²) in [5, 5.41) is 6.85. The molecule has 1 aliphatic carbocycles. The molecule has 0 saturated heterocycles. The smallest absolute Gasteiger partial charge is 0.0340 e. The van der Waals surface area contributed by atoms with E-state index in [9.17, 15) is 0 Å². The third-order valence-corrected chi connectivity index (χ3v) is 2.83. The third-order valence-electron chi connectivity index (χ3n) is 2.83. The molecule has 2 nitrogen and oxygen atoms in total. The van der Waals surface area contributed by atoms with Crippen LogP contribution in [-0.4, -0.2) is 19.6 Å². The van der Waals surface area contributed by atoms with E-state index in [4.69, 9.17) is 0 Å². The molecule has 0 aromatic heterocycles. The highest BCUT2D eigenvalue weighted by molar-refractivity contribution is 5.42. The van der Waals surface area contributed by atoms with Gasteiger partial charge in [0.2, 0.25) is 0 Å². The molecule has 2 rings (SSSR count). The monoisotopic (exact) mass is 204 g/mol. The van der Waals surface area contributed by atoms with Crippen molar-refractivity contribution in [3.05, 3.63) is 30.3 Å². The summed E-state index contributed by atoms with van der Waals surface area (Å²) in [4.78, 5) is 0. The van der Waals surface area contributed by atoms with Gasteiger partial charge in [-0.1, -0.05) is 31.0 Å². The molecule has 15 heavy (non-hydrogen) atoms. The summed E-state index contributed by atoms with van der Waals surface area (Å²) in [5.41, 5.74) is 1.21. The van der Waals surface area contributed by atoms with E-state index in [0.29, 0.717) is 0 Å². The average Bonchev–Trinajstić information content (AvgIpc) is 3.09. The fraction of sp³-hybridized carbons (Fsp3) is 0.538. The van der Waals surface area contributed by atoms with Crippen molar-refractivity contribution >= 4 is 5.69 Å². The van der Waals surface area contributed by atoms with Crippen molar-refractivity contribution < 1.29 is 0 Å². The van der Waals surface area contributed by atoms with Crippen molar-refractivity contribution in [1.29, 1.82) is 0 Å². The molecule has 1 aliphatic rings. The number of benzene rings is 1. The lowest BCUT2D eigenvalue weighted by atomic mass is 10.3. The number of rotatable bonds is 7. The van der Waals surface area contributed by atoms with Gasteiger partial charge in [-0.05, 0) is 31.0 Å². The Balaban J connectivity index is 1.47. The highest BCUT2D eigenvalue weighted by Crippen LogP contribution is 2.31. The zero-order valence-electron chi connectivity index (χ0n) is 9.21. The fourth-order valence-corrected chi connectivity index (χ4v) is 1.69. The highest BCUT2D eigenvalue weighted by atomic mass is 14.9. The van der Waals surface area contributed by atoms with E-state index in [0.717, 1.165) is 19.0 Å². The lowest BCUT2D eigenvalue weighted by molar-refractivity contribution is 0.622. The first-order chi connectivity index (χ1) is 7.45. The van der Waals surface area contributed by atoms with Gasteiger partial charge in [0.15, 0.2) is 0 Å². The Hall–Kier alpha value is -1.02. The van der Waals surface area contributed by atoms with E-state index in [-0.39, 0.29) is 0 Å². The summed E-state index contributed by atoms with van der Waals surface area (Å²) in [6.07, 6.45) is 4.29. The SMILES string of the molecule is c1ccc(NCCNCCC2CC2)cc1. The number of para-hydroxylation sites is 1. The molecule has 1 saturated carbocycles. The van der Waals surface area contributed by atoms with E-state index in [1.165, 1.54) is 31.5 Å². The molecule has 0 amide bonds. The standard InChI is InChI=1S/C13H20N2/c1-2-4-13(5-3-1)15-11-10-14-9-8-12-6-7-12/h1-5,12,14-15H,6-11H2. The van der Waals surface area contributed by atoms with Gasteiger partial charge in [0.05, 0.1) is 0 Å². The van der Waals surface area contributed by atoms with Crippen LogP contribution in [0.2, 0.25) is 0 Å². The minimum absolute atomic E-state index is 1.01. The van der Waals surface area contributed by atoms with Crippen molar-refractivity contribution in [2.75, 3.05) is 25.0 Å². The molecule has 1 fully saturated rings. The first kappa shape index (κ1) is 10.5. The Morgan fingerprint density at radius 2 is 1.80 bits per heavy atom. The first-order valence-corrected chi connectivity index (χ1v) is 5.95. The van der Waals surface area contributed by atoms with Crippen LogP contribution in [-0.2, 0) is 0 Å². The van der Waals surface area contributed by atoms with Gasteiger partial charge in [-0.25, -0.2) is 0 Å². The molecule has 0 heterocycles. The van der Waals surface area contributed by atoms with Crippen molar-refractivity contribution in [2.24, 2.45) is 5.92 Å². The van der Waals surface area contributed by atoms with E-state index >= 15 is 0 Å². The van der Waals surface area contributed by atoms with Crippen LogP contribution >= 0.6 is 0 Å². The lowest BCUT2D eigenvalue weighted by Crippen LogP contribution is -2.23. The molecule has 1 aromatic carbocycles. The molecular weight excluding hydrogens is 184 g/mol. The predicted octanol–water partition coefficient (Wildman–Crippen LogP) is 2.49. The van der Waals surface area contributed by atoms with Crippen molar-refractivity contribution in [3.63, 3.8) is 0 Å². The van der Waals surface area contributed by atoms with Crippen LogP contribution in [0.15, 0.2) is 30.3 Å². The van der Waals surface area contributed by atoms with Gasteiger partial charge >= 0.3 is 0 Å². The summed E-state index contributed by atoms with van der Waals surface area (Å²) in [6.45, 7) is 3.25. The lowest BCUT2D eigenvalue weighted by Gasteiger charge is -2.07. The van der Waals surface area contributed by atoms with Gasteiger partial charge in [-0.3, -0.25) is 0 Å². The molecule has 0 spiro atoms. The van der Waals surface area contributed by atoms with E-state index in [1.54, 1.807) is 0 Å². The molecule has 0 atom stereocenters. The maximum absolute atomic E-state index is 3.46. The molecular formula is C13H20N2. The van der Waals surface area contributed by atoms with Crippen LogP contribution in [0.1, 0.15) is 19.3 Å². The summed E-state index contributed by atoms with van der Waals surface area (Å²) in [7, 11) is 0. The maximum atomic E-state index is 3.46. The molecule has 2 heteroatoms. The maximum Gasteiger partial charge on any atom is 0.0340 e. The Morgan fingerprint density at radius 3 is 2.53 bits per heavy atom. The van der Waals surface area contributed by atoms with Crippen LogP contribution in [0.4, 0.5) is 5.69 Å². The molecule has 2 N–H and O–H groups in total. The summed E-state index contributed by atoms with van der Waals surface area (Å²) >= 11 is 0. The second-order valence-corrected chi connectivity index (χ2v) is 4.27. The molecule has 0 aliphatic heterocycles. The van der Waals surface area contributed by atoms with E-state index in [1.807, 2.05) is 6.07 Å². The zero-order chi connectivity index (χ0) is 10.3. The van der Waals surface area contributed by atoms with Gasteiger partial charge in [-0.2, -0.15) is 0 Å². The molecule has 0 bridgehead atoms. The summed E-state index contributed by atoms with van der Waals surface area (Å²) in [5.74, 6) is 1.04. The minimum atomic E-state index is 1.01. The van der Waals surface area contributed by atoms with E-state index in [2.05, 4.69) is 34.9 Å². The number of hydrogen-bond acceptors (Lipinski definition) is 2. The topological polar surface area (TPSA) is 24.1 Å². The molecule has 82 valence electrons. The quantitative estimate of drug-likeness (QED) is 0.667. The van der Waals surface area contributed by atoms with Gasteiger partial charge < -0.3 is 10.6 Å². The van der Waals surface area contributed by atoms with Gasteiger partial charge in [0, 0.05) is 18.8 Å². The largest absolute Gasteiger partial charge is 0.384 e. The molecule has 0 unspecified atom stereocenters. The minimum Gasteiger partial charge on any atom is -0.384 e. The van der Waals surface area contributed by atoms with Crippen LogP contribution in [0.3, 0.4) is 0 Å². The number of hydrogen-bond donors (Lipinski definition) is 2. The molecule has 1 aromatic rings. The normalized spacial score (nSPS) is 15.2. The number of anilines is 1. The van der Waals surface area contributed by atoms with Crippen LogP contribution in [0.5, 0.6) is 0 Å². The second kappa shape index (κ2) is 5.76. The van der Waals surface area contributed by atoms with Crippen LogP contribution in [0, 0.1) is 5.92 Å². The highest BCUT2D eigenvalue weighted by Gasteiger charge is 2.19. The Kier molecular flexibility index (Phi) is 4.03. The van der Waals surface area contributed by atoms with Crippen LogP contribution < -0.4 is 10.6 Å². The summed E-state index contributed by atoms with van der Waals surface area (Å²) < 4.78 is 0. The second-order valence-electron chi connectivity index (χ2n) is 4.27. The molecule has 0 radical (unpaired) electrons.